The number of hydrogen-bond donors (Lipinski definition) is 0. The van der Waals surface area contributed by atoms with Crippen molar-refractivity contribution in [3.05, 3.63) is 124 Å². The summed E-state index contributed by atoms with van der Waals surface area (Å²) in [6.07, 6.45) is 18.7. The fourth-order valence-electron chi connectivity index (χ4n) is 2.44. The summed E-state index contributed by atoms with van der Waals surface area (Å²) in [7, 11) is -6.41. The molecule has 0 nitrogen and oxygen atoms in total. The summed E-state index contributed by atoms with van der Waals surface area (Å²) in [6, 6.07) is 21.6. The largest absolute Gasteiger partial charge is 2.00 e. The Hall–Kier alpha value is -0.202. The van der Waals surface area contributed by atoms with Gasteiger partial charge in [0.15, 0.2) is 0 Å². The third kappa shape index (κ3) is 12.6. The van der Waals surface area contributed by atoms with Gasteiger partial charge in [-0.2, -0.15) is 0 Å². The maximum atomic E-state index is 9.75. The van der Waals surface area contributed by atoms with Crippen LogP contribution in [0.25, 0.3) is 0 Å². The maximum absolute atomic E-state index is 9.75. The first-order valence-corrected chi connectivity index (χ1v) is 9.95. The molecule has 30 heavy (non-hydrogen) atoms. The molecule has 0 saturated heterocycles. The van der Waals surface area contributed by atoms with E-state index in [9.17, 15) is 17.3 Å². The van der Waals surface area contributed by atoms with Crippen molar-refractivity contribution in [3.63, 3.8) is 0 Å². The van der Waals surface area contributed by atoms with Gasteiger partial charge in [0, 0.05) is 25.1 Å². The summed E-state index contributed by atoms with van der Waals surface area (Å²) in [6.45, 7) is 0. The van der Waals surface area contributed by atoms with Gasteiger partial charge in [-0.05, 0) is 76.3 Å². The average Bonchev–Trinajstić information content (AvgIpc) is 3.40. The van der Waals surface area contributed by atoms with Gasteiger partial charge in [0.2, 0.25) is 0 Å². The number of rotatable bonds is 3. The summed E-state index contributed by atoms with van der Waals surface area (Å²) in [5, 5.41) is 2.81. The molecule has 2 aliphatic carbocycles. The second kappa shape index (κ2) is 16.4. The minimum Gasteiger partial charge on any atom is -0.418 e. The zero-order valence-corrected chi connectivity index (χ0v) is 19.3. The second-order valence-corrected chi connectivity index (χ2v) is 7.83. The smallest absolute Gasteiger partial charge is 0.418 e. The minimum absolute atomic E-state index is 0. The Morgan fingerprint density at radius 2 is 0.833 bits per heavy atom. The van der Waals surface area contributed by atoms with Gasteiger partial charge >= 0.3 is 24.3 Å². The monoisotopic (exact) mass is 560 g/mol. The Morgan fingerprint density at radius 1 is 0.533 bits per heavy atom. The van der Waals surface area contributed by atoms with Crippen LogP contribution in [0.3, 0.4) is 0 Å². The second-order valence-electron chi connectivity index (χ2n) is 5.61. The molecule has 2 saturated carbocycles. The molecule has 2 aromatic rings. The molecule has 0 aromatic heterocycles. The fraction of sp³-hybridized carbons (Fsp3) is 0. The molecular weight excluding hydrogens is 541 g/mol. The van der Waals surface area contributed by atoms with Crippen molar-refractivity contribution in [2.24, 2.45) is 0 Å². The molecule has 0 amide bonds. The molecule has 0 heterocycles. The number of halogens is 4. The minimum atomic E-state index is -6.00. The van der Waals surface area contributed by atoms with E-state index in [1.165, 1.54) is 16.3 Å². The van der Waals surface area contributed by atoms with E-state index in [2.05, 4.69) is 86.3 Å². The van der Waals surface area contributed by atoms with E-state index >= 15 is 0 Å². The fourth-order valence-corrected chi connectivity index (χ4v) is 4.74. The van der Waals surface area contributed by atoms with Crippen LogP contribution in [0.2, 0.25) is 0 Å². The van der Waals surface area contributed by atoms with E-state index in [1.54, 1.807) is 0 Å². The van der Waals surface area contributed by atoms with E-state index in [1.807, 2.05) is 32.1 Å². The molecule has 0 unspecified atom stereocenters. The van der Waals surface area contributed by atoms with Crippen LogP contribution in [-0.4, -0.2) is 7.25 Å². The average molecular weight is 560 g/mol. The molecule has 2 fully saturated rings. The van der Waals surface area contributed by atoms with Gasteiger partial charge in [-0.15, -0.1) is 0 Å². The van der Waals surface area contributed by atoms with Crippen LogP contribution in [0, 0.1) is 63.4 Å². The zero-order chi connectivity index (χ0) is 20.2. The van der Waals surface area contributed by atoms with Crippen LogP contribution in [0.5, 0.6) is 0 Å². The maximum Gasteiger partial charge on any atom is 2.00 e. The zero-order valence-electron chi connectivity index (χ0n) is 15.7. The Labute approximate surface area is 203 Å². The summed E-state index contributed by atoms with van der Waals surface area (Å²) < 4.78 is 39.0. The van der Waals surface area contributed by atoms with Crippen molar-refractivity contribution in [1.82, 2.24) is 0 Å². The molecule has 11 radical (unpaired) electrons. The molecule has 4 rings (SSSR count). The first-order chi connectivity index (χ1) is 13.4. The van der Waals surface area contributed by atoms with Gasteiger partial charge in [0.05, 0.1) is 0 Å². The Balaban J connectivity index is 0.000000588. The van der Waals surface area contributed by atoms with E-state index < -0.39 is 15.2 Å². The standard InChI is InChI=1S/C17H14P.C5H5.BF4.Fe.Rh/c1-3-9-15(10-4-1)18(17-13-7-8-14-17)16-11-5-2-6-12-16;1-2-4-5-3-1;2-1(3,4)5;;/h1-14H;1-5H;;;/q;;-1;+2;. The summed E-state index contributed by atoms with van der Waals surface area (Å²) in [5.74, 6) is 0. The molecular formula is C22H19BF4FePRh+. The third-order valence-corrected chi connectivity index (χ3v) is 5.93. The van der Waals surface area contributed by atoms with Crippen LogP contribution in [0.15, 0.2) is 60.7 Å². The Morgan fingerprint density at radius 3 is 1.13 bits per heavy atom. The van der Waals surface area contributed by atoms with Gasteiger partial charge < -0.3 is 17.3 Å². The summed E-state index contributed by atoms with van der Waals surface area (Å²) in [5.41, 5.74) is 1.42. The van der Waals surface area contributed by atoms with Crippen LogP contribution in [0.4, 0.5) is 17.3 Å². The number of benzene rings is 2. The Bertz CT molecular complexity index is 598. The van der Waals surface area contributed by atoms with Crippen molar-refractivity contribution < 1.29 is 53.8 Å². The summed E-state index contributed by atoms with van der Waals surface area (Å²) >= 11 is 0. The molecule has 159 valence electrons. The van der Waals surface area contributed by atoms with Crippen molar-refractivity contribution in [2.45, 2.75) is 0 Å². The van der Waals surface area contributed by atoms with Gasteiger partial charge in [0.1, 0.15) is 0 Å². The van der Waals surface area contributed by atoms with E-state index in [0.29, 0.717) is 0 Å². The van der Waals surface area contributed by atoms with Gasteiger partial charge in [-0.25, -0.2) is 0 Å². The van der Waals surface area contributed by atoms with Crippen LogP contribution in [0.1, 0.15) is 0 Å². The van der Waals surface area contributed by atoms with Gasteiger partial charge in [-0.3, -0.25) is 0 Å². The van der Waals surface area contributed by atoms with Crippen molar-refractivity contribution in [3.8, 4) is 0 Å². The van der Waals surface area contributed by atoms with E-state index in [-0.39, 0.29) is 36.5 Å². The molecule has 0 aliphatic heterocycles. The predicted octanol–water partition coefficient (Wildman–Crippen LogP) is 5.80. The van der Waals surface area contributed by atoms with Gasteiger partial charge in [-0.1, -0.05) is 60.7 Å². The van der Waals surface area contributed by atoms with E-state index in [0.717, 1.165) is 0 Å². The summed E-state index contributed by atoms with van der Waals surface area (Å²) in [4.78, 5) is 0. The van der Waals surface area contributed by atoms with Crippen LogP contribution >= 0.6 is 7.92 Å². The molecule has 8 heteroatoms. The molecule has 0 N–H and O–H groups in total. The molecule has 0 spiro atoms. The molecule has 0 bridgehead atoms. The SMILES string of the molecule is F[B-](F)(F)F.[CH]1[CH][CH][CH][CH]1.[CH]1[CH][CH][C](P(c2ccccc2)c2ccccc2)[CH]1.[Fe+2].[Rh]. The first kappa shape index (κ1) is 29.8. The third-order valence-electron chi connectivity index (χ3n) is 3.49. The quantitative estimate of drug-likeness (QED) is 0.253. The number of hydrogen-bond acceptors (Lipinski definition) is 0. The topological polar surface area (TPSA) is 0 Å². The molecule has 2 aliphatic rings. The van der Waals surface area contributed by atoms with E-state index in [4.69, 9.17) is 0 Å². The Kier molecular flexibility index (Phi) is 16.3. The van der Waals surface area contributed by atoms with Crippen molar-refractivity contribution in [1.29, 1.82) is 0 Å². The van der Waals surface area contributed by atoms with Crippen molar-refractivity contribution in [2.75, 3.05) is 0 Å². The van der Waals surface area contributed by atoms with Crippen LogP contribution in [-0.2, 0) is 36.5 Å². The van der Waals surface area contributed by atoms with Crippen LogP contribution < -0.4 is 10.6 Å². The van der Waals surface area contributed by atoms with Crippen molar-refractivity contribution >= 4 is 25.8 Å². The first-order valence-electron chi connectivity index (χ1n) is 8.61. The normalized spacial score (nSPS) is 15.8. The molecule has 0 atom stereocenters. The van der Waals surface area contributed by atoms with Gasteiger partial charge in [0.25, 0.3) is 0 Å². The molecule has 2 aromatic carbocycles. The predicted molar refractivity (Wildman–Crippen MR) is 111 cm³/mol.